The summed E-state index contributed by atoms with van der Waals surface area (Å²) in [7, 11) is 0. The molecule has 15 heavy (non-hydrogen) atoms. The summed E-state index contributed by atoms with van der Waals surface area (Å²) in [6, 6.07) is -0.210. The molecule has 1 aromatic heterocycles. The molecule has 6 heteroatoms. The lowest BCUT2D eigenvalue weighted by molar-refractivity contribution is -0.134. The number of carbonyl (C=O) groups excluding carboxylic acids is 1. The normalized spacial score (nSPS) is 18.9. The van der Waals surface area contributed by atoms with Crippen molar-refractivity contribution >= 4 is 5.91 Å². The predicted molar refractivity (Wildman–Crippen MR) is 54.2 cm³/mol. The fourth-order valence-corrected chi connectivity index (χ4v) is 1.69. The Bertz CT molecular complexity index is 317. The Morgan fingerprint density at radius 1 is 1.33 bits per heavy atom. The van der Waals surface area contributed by atoms with E-state index in [4.69, 9.17) is 0 Å². The maximum absolute atomic E-state index is 12.0. The Morgan fingerprint density at radius 3 is 2.53 bits per heavy atom. The number of carbonyl (C=O) groups is 1. The van der Waals surface area contributed by atoms with Gasteiger partial charge in [-0.3, -0.25) is 4.79 Å². The molecule has 1 fully saturated rings. The van der Waals surface area contributed by atoms with Crippen LogP contribution in [-0.2, 0) is 4.79 Å². The van der Waals surface area contributed by atoms with Crippen LogP contribution in [0.3, 0.4) is 0 Å². The van der Waals surface area contributed by atoms with Crippen molar-refractivity contribution in [2.24, 2.45) is 0 Å². The topological polar surface area (TPSA) is 63.1 Å². The zero-order valence-electron chi connectivity index (χ0n) is 8.76. The monoisotopic (exact) mass is 209 g/mol. The summed E-state index contributed by atoms with van der Waals surface area (Å²) in [6.07, 6.45) is 3.15. The number of hydrogen-bond donors (Lipinski definition) is 1. The van der Waals surface area contributed by atoms with Gasteiger partial charge >= 0.3 is 0 Å². The highest BCUT2D eigenvalue weighted by Crippen LogP contribution is 2.09. The summed E-state index contributed by atoms with van der Waals surface area (Å²) in [4.78, 5) is 13.9. The highest BCUT2D eigenvalue weighted by atomic mass is 16.2. The fraction of sp³-hybridized carbons (Fsp3) is 0.667. The Balaban J connectivity index is 2.00. The summed E-state index contributed by atoms with van der Waals surface area (Å²) in [6.45, 7) is 5.19. The van der Waals surface area contributed by atoms with E-state index in [1.807, 2.05) is 11.8 Å². The van der Waals surface area contributed by atoms with Gasteiger partial charge in [0.05, 0.1) is 0 Å². The van der Waals surface area contributed by atoms with Crippen LogP contribution in [0.4, 0.5) is 0 Å². The first kappa shape index (κ1) is 10.1. The van der Waals surface area contributed by atoms with E-state index < -0.39 is 0 Å². The molecule has 0 bridgehead atoms. The average Bonchev–Trinajstić information content (AvgIpc) is 2.82. The van der Waals surface area contributed by atoms with Crippen LogP contribution in [0.1, 0.15) is 13.0 Å². The first-order chi connectivity index (χ1) is 7.29. The highest BCUT2D eigenvalue weighted by molar-refractivity contribution is 5.80. The third-order valence-electron chi connectivity index (χ3n) is 2.67. The van der Waals surface area contributed by atoms with E-state index in [1.54, 1.807) is 17.2 Å². The van der Waals surface area contributed by atoms with Gasteiger partial charge in [-0.2, -0.15) is 0 Å². The van der Waals surface area contributed by atoms with Crippen LogP contribution in [0.5, 0.6) is 0 Å². The van der Waals surface area contributed by atoms with Crippen LogP contribution < -0.4 is 5.32 Å². The molecule has 2 heterocycles. The van der Waals surface area contributed by atoms with Crippen LogP contribution in [0.25, 0.3) is 0 Å². The van der Waals surface area contributed by atoms with Gasteiger partial charge in [0.1, 0.15) is 18.7 Å². The second-order valence-electron chi connectivity index (χ2n) is 3.66. The van der Waals surface area contributed by atoms with Gasteiger partial charge in [-0.25, -0.2) is 0 Å². The number of rotatable bonds is 2. The standard InChI is InChI=1S/C9H15N5O/c1-8(14-6-11-12-7-14)9(15)13-4-2-10-3-5-13/h6-8,10H,2-5H2,1H3. The van der Waals surface area contributed by atoms with Crippen LogP contribution in [0.2, 0.25) is 0 Å². The second-order valence-corrected chi connectivity index (χ2v) is 3.66. The van der Waals surface area contributed by atoms with E-state index in [2.05, 4.69) is 15.5 Å². The third-order valence-corrected chi connectivity index (χ3v) is 2.67. The van der Waals surface area contributed by atoms with Gasteiger partial charge in [-0.15, -0.1) is 10.2 Å². The minimum absolute atomic E-state index is 0.135. The van der Waals surface area contributed by atoms with Crippen molar-refractivity contribution in [1.82, 2.24) is 25.0 Å². The molecule has 82 valence electrons. The van der Waals surface area contributed by atoms with Crippen molar-refractivity contribution in [3.63, 3.8) is 0 Å². The molecule has 6 nitrogen and oxygen atoms in total. The van der Waals surface area contributed by atoms with Crippen molar-refractivity contribution in [1.29, 1.82) is 0 Å². The molecule has 1 saturated heterocycles. The summed E-state index contributed by atoms with van der Waals surface area (Å²) >= 11 is 0. The van der Waals surface area contributed by atoms with E-state index in [1.165, 1.54) is 0 Å². The fourth-order valence-electron chi connectivity index (χ4n) is 1.69. The smallest absolute Gasteiger partial charge is 0.245 e. The van der Waals surface area contributed by atoms with Crippen molar-refractivity contribution in [3.05, 3.63) is 12.7 Å². The highest BCUT2D eigenvalue weighted by Gasteiger charge is 2.22. The molecular formula is C9H15N5O. The summed E-state index contributed by atoms with van der Waals surface area (Å²) in [5.74, 6) is 0.135. The van der Waals surface area contributed by atoms with Crippen LogP contribution >= 0.6 is 0 Å². The molecule has 1 unspecified atom stereocenters. The van der Waals surface area contributed by atoms with E-state index in [-0.39, 0.29) is 11.9 Å². The number of piperazine rings is 1. The number of nitrogens with zero attached hydrogens (tertiary/aromatic N) is 4. The van der Waals surface area contributed by atoms with Crippen LogP contribution in [0, 0.1) is 0 Å². The van der Waals surface area contributed by atoms with Gasteiger partial charge in [0, 0.05) is 26.2 Å². The molecule has 1 aliphatic rings. The predicted octanol–water partition coefficient (Wildman–Crippen LogP) is -0.729. The molecule has 0 spiro atoms. The summed E-state index contributed by atoms with van der Waals surface area (Å²) < 4.78 is 1.73. The molecule has 1 aliphatic heterocycles. The van der Waals surface area contributed by atoms with Gasteiger partial charge in [0.15, 0.2) is 0 Å². The zero-order chi connectivity index (χ0) is 10.7. The Hall–Kier alpha value is -1.43. The molecule has 0 saturated carbocycles. The van der Waals surface area contributed by atoms with Crippen molar-refractivity contribution in [2.45, 2.75) is 13.0 Å². The first-order valence-corrected chi connectivity index (χ1v) is 5.12. The number of aromatic nitrogens is 3. The van der Waals surface area contributed by atoms with Gasteiger partial charge in [0.2, 0.25) is 5.91 Å². The maximum atomic E-state index is 12.0. The molecule has 2 rings (SSSR count). The quantitative estimate of drug-likeness (QED) is 0.697. The molecule has 1 N–H and O–H groups in total. The van der Waals surface area contributed by atoms with Crippen LogP contribution in [0.15, 0.2) is 12.7 Å². The third kappa shape index (κ3) is 2.15. The molecular weight excluding hydrogens is 194 g/mol. The molecule has 1 aromatic rings. The van der Waals surface area contributed by atoms with E-state index >= 15 is 0 Å². The molecule has 0 aliphatic carbocycles. The molecule has 0 radical (unpaired) electrons. The van der Waals surface area contributed by atoms with Gasteiger partial charge in [-0.1, -0.05) is 0 Å². The van der Waals surface area contributed by atoms with Gasteiger partial charge < -0.3 is 14.8 Å². The molecule has 1 atom stereocenters. The lowest BCUT2D eigenvalue weighted by Crippen LogP contribution is -2.48. The first-order valence-electron chi connectivity index (χ1n) is 5.12. The summed E-state index contributed by atoms with van der Waals surface area (Å²) in [5.41, 5.74) is 0. The lowest BCUT2D eigenvalue weighted by atomic mass is 10.2. The minimum Gasteiger partial charge on any atom is -0.338 e. The van der Waals surface area contributed by atoms with E-state index in [0.29, 0.717) is 0 Å². The van der Waals surface area contributed by atoms with Crippen molar-refractivity contribution in [3.8, 4) is 0 Å². The van der Waals surface area contributed by atoms with Crippen molar-refractivity contribution in [2.75, 3.05) is 26.2 Å². The second kappa shape index (κ2) is 4.39. The largest absolute Gasteiger partial charge is 0.338 e. The maximum Gasteiger partial charge on any atom is 0.245 e. The average molecular weight is 209 g/mol. The molecule has 0 aromatic carbocycles. The van der Waals surface area contributed by atoms with Crippen LogP contribution in [-0.4, -0.2) is 51.8 Å². The number of hydrogen-bond acceptors (Lipinski definition) is 4. The number of nitrogens with one attached hydrogen (secondary N) is 1. The Labute approximate surface area is 88.3 Å². The summed E-state index contributed by atoms with van der Waals surface area (Å²) in [5, 5.41) is 10.6. The molecule has 1 amide bonds. The Morgan fingerprint density at radius 2 is 1.93 bits per heavy atom. The Kier molecular flexibility index (Phi) is 2.96. The van der Waals surface area contributed by atoms with E-state index in [0.717, 1.165) is 26.2 Å². The zero-order valence-corrected chi connectivity index (χ0v) is 8.76. The number of amides is 1. The lowest BCUT2D eigenvalue weighted by Gasteiger charge is -2.29. The van der Waals surface area contributed by atoms with Crippen molar-refractivity contribution < 1.29 is 4.79 Å². The SMILES string of the molecule is CC(C(=O)N1CCNCC1)n1cnnc1. The van der Waals surface area contributed by atoms with Gasteiger partial charge in [-0.05, 0) is 6.92 Å². The van der Waals surface area contributed by atoms with E-state index in [9.17, 15) is 4.79 Å². The van der Waals surface area contributed by atoms with Gasteiger partial charge in [0.25, 0.3) is 0 Å². The minimum atomic E-state index is -0.210.